The molecule has 0 radical (unpaired) electrons. The van der Waals surface area contributed by atoms with E-state index in [-0.39, 0.29) is 5.91 Å². The van der Waals surface area contributed by atoms with Gasteiger partial charge in [0.25, 0.3) is 0 Å². The number of amides is 1. The Hall–Kier alpha value is -1.40. The Bertz CT molecular complexity index is 557. The van der Waals surface area contributed by atoms with Crippen LogP contribution in [0.25, 0.3) is 0 Å². The normalized spacial score (nSPS) is 26.7. The van der Waals surface area contributed by atoms with E-state index in [9.17, 15) is 4.79 Å². The first-order valence-electron chi connectivity index (χ1n) is 9.30. The third kappa shape index (κ3) is 3.81. The van der Waals surface area contributed by atoms with Crippen LogP contribution < -0.4 is 0 Å². The first-order chi connectivity index (χ1) is 11.6. The smallest absolute Gasteiger partial charge is 0.219 e. The molecule has 1 aromatic heterocycles. The van der Waals surface area contributed by atoms with Crippen molar-refractivity contribution in [3.63, 3.8) is 0 Å². The summed E-state index contributed by atoms with van der Waals surface area (Å²) in [6.07, 6.45) is 5.06. The number of aryl methyl sites for hydroxylation is 1. The fourth-order valence-corrected chi connectivity index (χ4v) is 4.22. The van der Waals surface area contributed by atoms with Crippen LogP contribution in [-0.4, -0.2) is 75.5 Å². The van der Waals surface area contributed by atoms with Crippen LogP contribution in [0.4, 0.5) is 0 Å². The highest BCUT2D eigenvalue weighted by atomic mass is 16.2. The van der Waals surface area contributed by atoms with E-state index < -0.39 is 0 Å². The van der Waals surface area contributed by atoms with Gasteiger partial charge in [-0.05, 0) is 19.3 Å². The van der Waals surface area contributed by atoms with E-state index >= 15 is 0 Å². The predicted molar refractivity (Wildman–Crippen MR) is 94.6 cm³/mol. The molecule has 2 aliphatic rings. The van der Waals surface area contributed by atoms with Crippen LogP contribution in [0.5, 0.6) is 0 Å². The highest BCUT2D eigenvalue weighted by Gasteiger charge is 2.35. The molecule has 0 spiro atoms. The summed E-state index contributed by atoms with van der Waals surface area (Å²) in [4.78, 5) is 23.3. The quantitative estimate of drug-likeness (QED) is 0.833. The maximum Gasteiger partial charge on any atom is 0.219 e. The lowest BCUT2D eigenvalue weighted by Gasteiger charge is -2.30. The molecule has 6 heteroatoms. The standard InChI is InChI=1S/C18H31N5O/c1-4-21-9-6-19-18(21)14-20-12-15(2)17(13-20)23-8-5-7-22(10-11-23)16(3)24/h6,9,15,17H,4-5,7-8,10-14H2,1-3H3. The molecule has 3 rings (SSSR count). The summed E-state index contributed by atoms with van der Waals surface area (Å²) >= 11 is 0. The molecule has 1 aromatic rings. The first kappa shape index (κ1) is 17.4. The van der Waals surface area contributed by atoms with Gasteiger partial charge in [-0.2, -0.15) is 0 Å². The molecule has 2 atom stereocenters. The van der Waals surface area contributed by atoms with Gasteiger partial charge in [-0.3, -0.25) is 14.6 Å². The van der Waals surface area contributed by atoms with Crippen molar-refractivity contribution in [3.05, 3.63) is 18.2 Å². The highest BCUT2D eigenvalue weighted by molar-refractivity contribution is 5.73. The van der Waals surface area contributed by atoms with Crippen molar-refractivity contribution >= 4 is 5.91 Å². The minimum atomic E-state index is 0.212. The number of hydrogen-bond donors (Lipinski definition) is 0. The van der Waals surface area contributed by atoms with Crippen LogP contribution >= 0.6 is 0 Å². The second kappa shape index (κ2) is 7.66. The van der Waals surface area contributed by atoms with Gasteiger partial charge in [-0.1, -0.05) is 6.92 Å². The lowest BCUT2D eigenvalue weighted by Crippen LogP contribution is -2.43. The van der Waals surface area contributed by atoms with Gasteiger partial charge in [0.1, 0.15) is 5.82 Å². The van der Waals surface area contributed by atoms with Gasteiger partial charge in [0.15, 0.2) is 0 Å². The minimum absolute atomic E-state index is 0.212. The molecule has 0 N–H and O–H groups in total. The van der Waals surface area contributed by atoms with E-state index in [1.807, 2.05) is 11.1 Å². The highest BCUT2D eigenvalue weighted by Crippen LogP contribution is 2.24. The Balaban J connectivity index is 1.58. The summed E-state index contributed by atoms with van der Waals surface area (Å²) in [6.45, 7) is 14.3. The predicted octanol–water partition coefficient (Wildman–Crippen LogP) is 1.28. The van der Waals surface area contributed by atoms with Crippen molar-refractivity contribution in [2.75, 3.05) is 39.3 Å². The van der Waals surface area contributed by atoms with E-state index in [1.54, 1.807) is 6.92 Å². The summed E-state index contributed by atoms with van der Waals surface area (Å²) in [7, 11) is 0. The van der Waals surface area contributed by atoms with E-state index in [0.717, 1.165) is 58.8 Å². The Morgan fingerprint density at radius 1 is 1.25 bits per heavy atom. The molecule has 2 fully saturated rings. The number of likely N-dealkylation sites (tertiary alicyclic amines) is 1. The van der Waals surface area contributed by atoms with Crippen molar-refractivity contribution in [1.29, 1.82) is 0 Å². The molecule has 1 amide bonds. The van der Waals surface area contributed by atoms with Crippen molar-refractivity contribution in [2.45, 2.75) is 46.3 Å². The molecule has 2 saturated heterocycles. The minimum Gasteiger partial charge on any atom is -0.342 e. The Morgan fingerprint density at radius 3 is 2.83 bits per heavy atom. The number of nitrogens with zero attached hydrogens (tertiary/aromatic N) is 5. The number of hydrogen-bond acceptors (Lipinski definition) is 4. The molecule has 0 aliphatic carbocycles. The zero-order chi connectivity index (χ0) is 17.1. The molecule has 0 saturated carbocycles. The Morgan fingerprint density at radius 2 is 2.08 bits per heavy atom. The molecule has 0 bridgehead atoms. The van der Waals surface area contributed by atoms with Gasteiger partial charge in [0.05, 0.1) is 6.54 Å². The fraction of sp³-hybridized carbons (Fsp3) is 0.778. The molecule has 2 unspecified atom stereocenters. The maximum atomic E-state index is 11.6. The summed E-state index contributed by atoms with van der Waals surface area (Å²) in [6, 6.07) is 0.599. The average Bonchev–Trinajstić information content (AvgIpc) is 3.05. The second-order valence-electron chi connectivity index (χ2n) is 7.26. The number of aromatic nitrogens is 2. The van der Waals surface area contributed by atoms with E-state index in [0.29, 0.717) is 12.0 Å². The van der Waals surface area contributed by atoms with E-state index in [4.69, 9.17) is 0 Å². The zero-order valence-corrected chi connectivity index (χ0v) is 15.3. The number of carbonyl (C=O) groups is 1. The van der Waals surface area contributed by atoms with E-state index in [1.165, 1.54) is 5.82 Å². The SMILES string of the molecule is CCn1ccnc1CN1CC(C)C(N2CCCN(C(C)=O)CC2)C1. The molecular formula is C18H31N5O. The van der Waals surface area contributed by atoms with Crippen molar-refractivity contribution < 1.29 is 4.79 Å². The van der Waals surface area contributed by atoms with Crippen LogP contribution in [0.1, 0.15) is 33.0 Å². The number of carbonyl (C=O) groups excluding carboxylic acids is 1. The van der Waals surface area contributed by atoms with Crippen LogP contribution in [0.2, 0.25) is 0 Å². The largest absolute Gasteiger partial charge is 0.342 e. The molecule has 24 heavy (non-hydrogen) atoms. The summed E-state index contributed by atoms with van der Waals surface area (Å²) in [5, 5.41) is 0. The second-order valence-corrected chi connectivity index (χ2v) is 7.26. The molecule has 6 nitrogen and oxygen atoms in total. The van der Waals surface area contributed by atoms with Crippen molar-refractivity contribution in [1.82, 2.24) is 24.3 Å². The molecule has 3 heterocycles. The zero-order valence-electron chi connectivity index (χ0n) is 15.3. The summed E-state index contributed by atoms with van der Waals surface area (Å²) in [5.74, 6) is 2.05. The third-order valence-corrected chi connectivity index (χ3v) is 5.60. The summed E-state index contributed by atoms with van der Waals surface area (Å²) in [5.41, 5.74) is 0. The van der Waals surface area contributed by atoms with Crippen LogP contribution in [-0.2, 0) is 17.9 Å². The number of imidazole rings is 1. The monoisotopic (exact) mass is 333 g/mol. The van der Waals surface area contributed by atoms with Crippen molar-refractivity contribution in [2.24, 2.45) is 5.92 Å². The van der Waals surface area contributed by atoms with Gasteiger partial charge in [-0.15, -0.1) is 0 Å². The molecular weight excluding hydrogens is 302 g/mol. The maximum absolute atomic E-state index is 11.6. The van der Waals surface area contributed by atoms with Crippen molar-refractivity contribution in [3.8, 4) is 0 Å². The average molecular weight is 333 g/mol. The Kier molecular flexibility index (Phi) is 5.56. The Labute approximate surface area is 145 Å². The third-order valence-electron chi connectivity index (χ3n) is 5.60. The first-order valence-corrected chi connectivity index (χ1v) is 9.30. The topological polar surface area (TPSA) is 44.6 Å². The summed E-state index contributed by atoms with van der Waals surface area (Å²) < 4.78 is 2.23. The lowest BCUT2D eigenvalue weighted by molar-refractivity contribution is -0.128. The van der Waals surface area contributed by atoms with Gasteiger partial charge < -0.3 is 9.47 Å². The lowest BCUT2D eigenvalue weighted by atomic mass is 10.0. The van der Waals surface area contributed by atoms with Crippen LogP contribution in [0.3, 0.4) is 0 Å². The van der Waals surface area contributed by atoms with Gasteiger partial charge in [0.2, 0.25) is 5.91 Å². The van der Waals surface area contributed by atoms with Crippen LogP contribution in [0.15, 0.2) is 12.4 Å². The number of rotatable bonds is 4. The van der Waals surface area contributed by atoms with Gasteiger partial charge in [-0.25, -0.2) is 4.98 Å². The molecule has 134 valence electrons. The van der Waals surface area contributed by atoms with Gasteiger partial charge in [0, 0.05) is 71.2 Å². The van der Waals surface area contributed by atoms with E-state index in [2.05, 4.69) is 39.4 Å². The van der Waals surface area contributed by atoms with Gasteiger partial charge >= 0.3 is 0 Å². The van der Waals surface area contributed by atoms with Crippen LogP contribution in [0, 0.1) is 5.92 Å². The fourth-order valence-electron chi connectivity index (χ4n) is 4.22. The molecule has 0 aromatic carbocycles. The molecule has 2 aliphatic heterocycles.